The number of ether oxygens (including phenoxy) is 2. The smallest absolute Gasteiger partial charge is 0.255 e. The van der Waals surface area contributed by atoms with Crippen molar-refractivity contribution in [1.29, 1.82) is 0 Å². The third kappa shape index (κ3) is 3.97. The Kier molecular flexibility index (Phi) is 5.15. The Morgan fingerprint density at radius 2 is 1.74 bits per heavy atom. The summed E-state index contributed by atoms with van der Waals surface area (Å²) in [4.78, 5) is 14.5. The first-order valence-electron chi connectivity index (χ1n) is 8.88. The highest BCUT2D eigenvalue weighted by Gasteiger charge is 2.41. The number of rotatable bonds is 4. The second kappa shape index (κ2) is 7.17. The maximum absolute atomic E-state index is 13.0. The van der Waals surface area contributed by atoms with E-state index in [4.69, 9.17) is 32.7 Å². The van der Waals surface area contributed by atoms with Crippen molar-refractivity contribution in [2.24, 2.45) is 0 Å². The fraction of sp³-hybridized carbons (Fsp3) is 0.588. The number of hydrogen-bond donors (Lipinski definition) is 1. The van der Waals surface area contributed by atoms with Crippen LogP contribution < -0.4 is 4.72 Å². The quantitative estimate of drug-likeness (QED) is 0.786. The molecule has 0 bridgehead atoms. The Morgan fingerprint density at radius 3 is 2.33 bits per heavy atom. The van der Waals surface area contributed by atoms with Gasteiger partial charge in [-0.1, -0.05) is 23.2 Å². The van der Waals surface area contributed by atoms with Crippen molar-refractivity contribution in [2.75, 3.05) is 26.3 Å². The molecule has 0 aromatic heterocycles. The second-order valence-corrected chi connectivity index (χ2v) is 9.55. The van der Waals surface area contributed by atoms with Gasteiger partial charge in [0.05, 0.1) is 28.8 Å². The van der Waals surface area contributed by atoms with E-state index in [1.165, 1.54) is 12.1 Å². The Bertz CT molecular complexity index is 856. The summed E-state index contributed by atoms with van der Waals surface area (Å²) in [6, 6.07) is 2.52. The predicted octanol–water partition coefficient (Wildman–Crippen LogP) is 2.41. The Morgan fingerprint density at radius 1 is 1.11 bits per heavy atom. The number of halogens is 2. The highest BCUT2D eigenvalue weighted by Crippen LogP contribution is 2.34. The summed E-state index contributed by atoms with van der Waals surface area (Å²) in [6.45, 7) is 2.01. The molecule has 148 valence electrons. The summed E-state index contributed by atoms with van der Waals surface area (Å²) in [5.41, 5.74) is 0.126. The zero-order valence-corrected chi connectivity index (χ0v) is 16.9. The summed E-state index contributed by atoms with van der Waals surface area (Å²) in [6.07, 6.45) is 2.74. The molecule has 0 atom stereocenters. The molecule has 3 fully saturated rings. The molecule has 1 aliphatic carbocycles. The van der Waals surface area contributed by atoms with Gasteiger partial charge in [0.15, 0.2) is 5.79 Å². The van der Waals surface area contributed by atoms with Crippen molar-refractivity contribution in [3.05, 3.63) is 27.7 Å². The van der Waals surface area contributed by atoms with Gasteiger partial charge in [0.2, 0.25) is 10.0 Å². The highest BCUT2D eigenvalue weighted by molar-refractivity contribution is 7.89. The number of likely N-dealkylation sites (tertiary alicyclic amines) is 1. The van der Waals surface area contributed by atoms with Crippen LogP contribution in [0.3, 0.4) is 0 Å². The SMILES string of the molecule is O=C(c1cc(S(=O)(=O)NC2CC2)c(Cl)cc1Cl)N1CCC2(CC1)OCCO2. The van der Waals surface area contributed by atoms with Crippen molar-refractivity contribution in [3.8, 4) is 0 Å². The number of hydrogen-bond acceptors (Lipinski definition) is 5. The van der Waals surface area contributed by atoms with Gasteiger partial charge in [-0.25, -0.2) is 13.1 Å². The number of carbonyl (C=O) groups is 1. The lowest BCUT2D eigenvalue weighted by Crippen LogP contribution is -2.47. The third-order valence-corrected chi connectivity index (χ3v) is 7.36. The molecule has 7 nitrogen and oxygen atoms in total. The summed E-state index contributed by atoms with van der Waals surface area (Å²) in [5, 5.41) is 0.124. The van der Waals surface area contributed by atoms with E-state index in [2.05, 4.69) is 4.72 Å². The van der Waals surface area contributed by atoms with Crippen molar-refractivity contribution in [3.63, 3.8) is 0 Å². The van der Waals surface area contributed by atoms with Crippen LogP contribution in [0.15, 0.2) is 17.0 Å². The largest absolute Gasteiger partial charge is 0.347 e. The fourth-order valence-corrected chi connectivity index (χ4v) is 5.55. The number of nitrogens with zero attached hydrogens (tertiary/aromatic N) is 1. The standard InChI is InChI=1S/C17H20Cl2N2O5S/c18-13-10-14(19)15(27(23,24)20-11-1-2-11)9-12(13)16(22)21-5-3-17(4-6-21)25-7-8-26-17/h9-11,20H,1-8H2. The van der Waals surface area contributed by atoms with Gasteiger partial charge < -0.3 is 14.4 Å². The van der Waals surface area contributed by atoms with Crippen molar-refractivity contribution < 1.29 is 22.7 Å². The first-order chi connectivity index (χ1) is 12.8. The summed E-state index contributed by atoms with van der Waals surface area (Å²) in [7, 11) is -3.80. The van der Waals surface area contributed by atoms with Gasteiger partial charge in [-0.2, -0.15) is 0 Å². The van der Waals surface area contributed by atoms with Gasteiger partial charge in [-0.05, 0) is 25.0 Å². The summed E-state index contributed by atoms with van der Waals surface area (Å²) < 4.78 is 39.0. The van der Waals surface area contributed by atoms with Crippen LogP contribution in [0.2, 0.25) is 10.0 Å². The van der Waals surface area contributed by atoms with E-state index in [0.717, 1.165) is 12.8 Å². The summed E-state index contributed by atoms with van der Waals surface area (Å²) >= 11 is 12.3. The number of piperidine rings is 1. The molecule has 1 aromatic rings. The van der Waals surface area contributed by atoms with E-state index >= 15 is 0 Å². The van der Waals surface area contributed by atoms with Crippen molar-refractivity contribution in [2.45, 2.75) is 42.4 Å². The van der Waals surface area contributed by atoms with Crippen LogP contribution in [-0.4, -0.2) is 57.4 Å². The average molecular weight is 435 g/mol. The Balaban J connectivity index is 1.56. The molecule has 2 saturated heterocycles. The molecule has 2 aliphatic heterocycles. The fourth-order valence-electron chi connectivity index (χ4n) is 3.39. The lowest BCUT2D eigenvalue weighted by molar-refractivity contribution is -0.181. The van der Waals surface area contributed by atoms with Gasteiger partial charge in [0.1, 0.15) is 4.90 Å². The molecule has 0 unspecified atom stereocenters. The molecule has 10 heteroatoms. The molecule has 3 aliphatic rings. The minimum atomic E-state index is -3.80. The van der Waals surface area contributed by atoms with Gasteiger partial charge in [-0.3, -0.25) is 4.79 Å². The maximum Gasteiger partial charge on any atom is 0.255 e. The maximum atomic E-state index is 13.0. The van der Waals surface area contributed by atoms with Crippen LogP contribution in [0.1, 0.15) is 36.0 Å². The lowest BCUT2D eigenvalue weighted by atomic mass is 10.0. The van der Waals surface area contributed by atoms with E-state index in [0.29, 0.717) is 39.1 Å². The van der Waals surface area contributed by atoms with Crippen LogP contribution in [-0.2, 0) is 19.5 Å². The Labute approximate surface area is 167 Å². The first-order valence-corrected chi connectivity index (χ1v) is 11.1. The van der Waals surface area contributed by atoms with Gasteiger partial charge >= 0.3 is 0 Å². The molecular weight excluding hydrogens is 415 g/mol. The van der Waals surface area contributed by atoms with E-state index < -0.39 is 15.8 Å². The number of amides is 1. The second-order valence-electron chi connectivity index (χ2n) is 7.06. The zero-order valence-electron chi connectivity index (χ0n) is 14.5. The molecule has 27 heavy (non-hydrogen) atoms. The van der Waals surface area contributed by atoms with Crippen LogP contribution in [0.25, 0.3) is 0 Å². The monoisotopic (exact) mass is 434 g/mol. The first kappa shape index (κ1) is 19.4. The number of sulfonamides is 1. The zero-order chi connectivity index (χ0) is 19.2. The minimum Gasteiger partial charge on any atom is -0.347 e. The number of nitrogens with one attached hydrogen (secondary N) is 1. The topological polar surface area (TPSA) is 84.9 Å². The lowest BCUT2D eigenvalue weighted by Gasteiger charge is -2.37. The van der Waals surface area contributed by atoms with Gasteiger partial charge in [0, 0.05) is 32.0 Å². The van der Waals surface area contributed by atoms with E-state index in [9.17, 15) is 13.2 Å². The van der Waals surface area contributed by atoms with E-state index in [1.54, 1.807) is 4.90 Å². The van der Waals surface area contributed by atoms with E-state index in [1.807, 2.05) is 0 Å². The molecule has 4 rings (SSSR count). The molecule has 2 heterocycles. The van der Waals surface area contributed by atoms with Crippen LogP contribution >= 0.6 is 23.2 Å². The molecule has 1 amide bonds. The number of benzene rings is 1. The van der Waals surface area contributed by atoms with Crippen LogP contribution in [0.4, 0.5) is 0 Å². The highest BCUT2D eigenvalue weighted by atomic mass is 35.5. The third-order valence-electron chi connectivity index (χ3n) is 5.07. The average Bonchev–Trinajstić information content (AvgIpc) is 3.31. The normalized spacial score (nSPS) is 22.4. The number of carbonyl (C=O) groups excluding carboxylic acids is 1. The molecule has 1 spiro atoms. The molecule has 0 radical (unpaired) electrons. The molecule has 1 N–H and O–H groups in total. The molecular formula is C17H20Cl2N2O5S. The molecule has 1 aromatic carbocycles. The van der Waals surface area contributed by atoms with Crippen molar-refractivity contribution >= 4 is 39.1 Å². The van der Waals surface area contributed by atoms with E-state index in [-0.39, 0.29) is 32.5 Å². The Hall–Kier alpha value is -0.900. The van der Waals surface area contributed by atoms with Crippen LogP contribution in [0.5, 0.6) is 0 Å². The van der Waals surface area contributed by atoms with Gasteiger partial charge in [0.25, 0.3) is 5.91 Å². The van der Waals surface area contributed by atoms with Crippen LogP contribution in [0, 0.1) is 0 Å². The predicted molar refractivity (Wildman–Crippen MR) is 99.6 cm³/mol. The van der Waals surface area contributed by atoms with Gasteiger partial charge in [-0.15, -0.1) is 0 Å². The molecule has 1 saturated carbocycles. The van der Waals surface area contributed by atoms with Crippen molar-refractivity contribution in [1.82, 2.24) is 9.62 Å². The summed E-state index contributed by atoms with van der Waals surface area (Å²) in [5.74, 6) is -0.920. The minimum absolute atomic E-state index is 0.00458.